The number of hydrazine groups is 1. The number of nitrogens with one attached hydrogen (secondary N) is 1. The third-order valence-corrected chi connectivity index (χ3v) is 3.01. The zero-order valence-corrected chi connectivity index (χ0v) is 10.5. The molecule has 98 valence electrons. The zero-order chi connectivity index (χ0) is 13.0. The zero-order valence-electron chi connectivity index (χ0n) is 10.5. The maximum Gasteiger partial charge on any atom is 0.274 e. The largest absolute Gasteiger partial charge is 0.336 e. The molecule has 1 aliphatic heterocycles. The minimum Gasteiger partial charge on any atom is -0.336 e. The molecule has 0 bridgehead atoms. The predicted molar refractivity (Wildman–Crippen MR) is 67.9 cm³/mol. The summed E-state index contributed by atoms with van der Waals surface area (Å²) in [6.45, 7) is 3.37. The lowest BCUT2D eigenvalue weighted by molar-refractivity contribution is 0.0756. The number of anilines is 1. The Balaban J connectivity index is 2.09. The van der Waals surface area contributed by atoms with Crippen molar-refractivity contribution < 1.29 is 4.79 Å². The van der Waals surface area contributed by atoms with Crippen LogP contribution in [-0.2, 0) is 0 Å². The van der Waals surface area contributed by atoms with E-state index < -0.39 is 0 Å². The molecule has 0 aliphatic carbocycles. The van der Waals surface area contributed by atoms with Gasteiger partial charge < -0.3 is 15.2 Å². The SMILES string of the molecule is CN1CCCN(C(=O)c2cncc(NN)n2)CC1. The van der Waals surface area contributed by atoms with Gasteiger partial charge in [0.2, 0.25) is 0 Å². The second-order valence-electron chi connectivity index (χ2n) is 4.38. The highest BCUT2D eigenvalue weighted by molar-refractivity contribution is 5.92. The second kappa shape index (κ2) is 5.74. The monoisotopic (exact) mass is 250 g/mol. The summed E-state index contributed by atoms with van der Waals surface area (Å²) in [7, 11) is 2.06. The van der Waals surface area contributed by atoms with Gasteiger partial charge in [0.1, 0.15) is 5.69 Å². The predicted octanol–water partition coefficient (Wildman–Crippen LogP) is -0.460. The van der Waals surface area contributed by atoms with Crippen molar-refractivity contribution in [3.63, 3.8) is 0 Å². The first-order valence-electron chi connectivity index (χ1n) is 5.97. The van der Waals surface area contributed by atoms with Gasteiger partial charge in [0.05, 0.1) is 12.4 Å². The number of rotatable bonds is 2. The number of nitrogens with two attached hydrogens (primary N) is 1. The van der Waals surface area contributed by atoms with Crippen molar-refractivity contribution in [2.45, 2.75) is 6.42 Å². The van der Waals surface area contributed by atoms with E-state index in [0.29, 0.717) is 11.5 Å². The van der Waals surface area contributed by atoms with Crippen LogP contribution in [0.4, 0.5) is 5.82 Å². The van der Waals surface area contributed by atoms with Crippen molar-refractivity contribution >= 4 is 11.7 Å². The number of carbonyl (C=O) groups is 1. The Bertz CT molecular complexity index is 424. The summed E-state index contributed by atoms with van der Waals surface area (Å²) in [5.41, 5.74) is 2.72. The first-order valence-corrected chi connectivity index (χ1v) is 5.97. The lowest BCUT2D eigenvalue weighted by Crippen LogP contribution is -2.35. The summed E-state index contributed by atoms with van der Waals surface area (Å²) < 4.78 is 0. The molecule has 3 N–H and O–H groups in total. The van der Waals surface area contributed by atoms with Crippen LogP contribution in [0.15, 0.2) is 12.4 Å². The number of carbonyl (C=O) groups excluding carboxylic acids is 1. The van der Waals surface area contributed by atoms with E-state index in [4.69, 9.17) is 5.84 Å². The number of aromatic nitrogens is 2. The van der Waals surface area contributed by atoms with E-state index in [-0.39, 0.29) is 5.91 Å². The Labute approximate surface area is 106 Å². The Morgan fingerprint density at radius 3 is 2.94 bits per heavy atom. The van der Waals surface area contributed by atoms with Gasteiger partial charge in [-0.1, -0.05) is 0 Å². The summed E-state index contributed by atoms with van der Waals surface area (Å²) in [5, 5.41) is 0. The number of likely N-dealkylation sites (N-methyl/N-ethyl adjacent to an activating group) is 1. The molecule has 0 saturated carbocycles. The molecule has 0 radical (unpaired) electrons. The van der Waals surface area contributed by atoms with E-state index in [1.54, 1.807) is 0 Å². The summed E-state index contributed by atoms with van der Waals surface area (Å²) in [6, 6.07) is 0. The van der Waals surface area contributed by atoms with Crippen LogP contribution in [0.25, 0.3) is 0 Å². The standard InChI is InChI=1S/C11H18N6O/c1-16-3-2-4-17(6-5-16)11(18)9-7-13-8-10(14-9)15-12/h7-8H,2-6,12H2,1H3,(H,14,15). The molecule has 0 spiro atoms. The number of amides is 1. The number of hydrogen-bond donors (Lipinski definition) is 2. The van der Waals surface area contributed by atoms with Gasteiger partial charge in [-0.2, -0.15) is 0 Å². The average molecular weight is 250 g/mol. The molecular formula is C11H18N6O. The fourth-order valence-corrected chi connectivity index (χ4v) is 1.95. The number of hydrogen-bond acceptors (Lipinski definition) is 6. The average Bonchev–Trinajstić information content (AvgIpc) is 2.63. The van der Waals surface area contributed by atoms with Crippen molar-refractivity contribution in [3.8, 4) is 0 Å². The third kappa shape index (κ3) is 2.93. The van der Waals surface area contributed by atoms with Crippen LogP contribution < -0.4 is 11.3 Å². The van der Waals surface area contributed by atoms with Gasteiger partial charge in [-0.25, -0.2) is 10.8 Å². The molecule has 1 aromatic rings. The highest BCUT2D eigenvalue weighted by Crippen LogP contribution is 2.08. The third-order valence-electron chi connectivity index (χ3n) is 3.01. The van der Waals surface area contributed by atoms with Crippen molar-refractivity contribution in [3.05, 3.63) is 18.1 Å². The van der Waals surface area contributed by atoms with Gasteiger partial charge in [0.15, 0.2) is 5.82 Å². The van der Waals surface area contributed by atoms with Gasteiger partial charge in [0.25, 0.3) is 5.91 Å². The summed E-state index contributed by atoms with van der Waals surface area (Å²) in [5.74, 6) is 5.56. The minimum absolute atomic E-state index is 0.0881. The summed E-state index contributed by atoms with van der Waals surface area (Å²) in [4.78, 5) is 24.4. The molecule has 2 heterocycles. The van der Waals surface area contributed by atoms with Gasteiger partial charge in [-0.15, -0.1) is 0 Å². The molecule has 1 fully saturated rings. The normalized spacial score (nSPS) is 17.3. The number of nitrogen functional groups attached to an aromatic ring is 1. The molecule has 1 saturated heterocycles. The van der Waals surface area contributed by atoms with Crippen LogP contribution in [0, 0.1) is 0 Å². The highest BCUT2D eigenvalue weighted by Gasteiger charge is 2.20. The minimum atomic E-state index is -0.0881. The molecule has 18 heavy (non-hydrogen) atoms. The fraction of sp³-hybridized carbons (Fsp3) is 0.545. The van der Waals surface area contributed by atoms with E-state index in [1.165, 1.54) is 12.4 Å². The van der Waals surface area contributed by atoms with Gasteiger partial charge in [-0.3, -0.25) is 9.78 Å². The van der Waals surface area contributed by atoms with Gasteiger partial charge in [0, 0.05) is 19.6 Å². The van der Waals surface area contributed by atoms with Crippen LogP contribution in [0.2, 0.25) is 0 Å². The molecule has 1 aliphatic rings. The Morgan fingerprint density at radius 2 is 2.17 bits per heavy atom. The first-order chi connectivity index (χ1) is 8.70. The fourth-order valence-electron chi connectivity index (χ4n) is 1.95. The van der Waals surface area contributed by atoms with E-state index in [1.807, 2.05) is 4.90 Å². The van der Waals surface area contributed by atoms with Crippen molar-refractivity contribution in [2.24, 2.45) is 5.84 Å². The molecule has 2 rings (SSSR count). The lowest BCUT2D eigenvalue weighted by atomic mass is 10.3. The smallest absolute Gasteiger partial charge is 0.274 e. The van der Waals surface area contributed by atoms with Gasteiger partial charge >= 0.3 is 0 Å². The van der Waals surface area contributed by atoms with E-state index >= 15 is 0 Å². The molecule has 1 aromatic heterocycles. The maximum atomic E-state index is 12.3. The van der Waals surface area contributed by atoms with Crippen LogP contribution >= 0.6 is 0 Å². The molecule has 0 atom stereocenters. The lowest BCUT2D eigenvalue weighted by Gasteiger charge is -2.20. The van der Waals surface area contributed by atoms with E-state index in [9.17, 15) is 4.79 Å². The first kappa shape index (κ1) is 12.7. The molecule has 0 unspecified atom stereocenters. The maximum absolute atomic E-state index is 12.3. The molecular weight excluding hydrogens is 232 g/mol. The number of nitrogens with zero attached hydrogens (tertiary/aromatic N) is 4. The van der Waals surface area contributed by atoms with Crippen molar-refractivity contribution in [2.75, 3.05) is 38.7 Å². The highest BCUT2D eigenvalue weighted by atomic mass is 16.2. The van der Waals surface area contributed by atoms with E-state index in [2.05, 4.69) is 27.3 Å². The molecule has 1 amide bonds. The molecule has 7 nitrogen and oxygen atoms in total. The Hall–Kier alpha value is -1.73. The van der Waals surface area contributed by atoms with Crippen LogP contribution in [0.1, 0.15) is 16.9 Å². The quantitative estimate of drug-likeness (QED) is 0.545. The van der Waals surface area contributed by atoms with Crippen molar-refractivity contribution in [1.82, 2.24) is 19.8 Å². The topological polar surface area (TPSA) is 87.4 Å². The second-order valence-corrected chi connectivity index (χ2v) is 4.38. The molecule has 7 heteroatoms. The Morgan fingerprint density at radius 1 is 1.33 bits per heavy atom. The molecule has 0 aromatic carbocycles. The van der Waals surface area contributed by atoms with Crippen LogP contribution in [0.5, 0.6) is 0 Å². The summed E-state index contributed by atoms with van der Waals surface area (Å²) >= 11 is 0. The van der Waals surface area contributed by atoms with E-state index in [0.717, 1.165) is 32.6 Å². The van der Waals surface area contributed by atoms with Crippen LogP contribution in [-0.4, -0.2) is 58.9 Å². The van der Waals surface area contributed by atoms with Crippen molar-refractivity contribution in [1.29, 1.82) is 0 Å². The Kier molecular flexibility index (Phi) is 4.06. The van der Waals surface area contributed by atoms with Gasteiger partial charge in [-0.05, 0) is 20.0 Å². The van der Waals surface area contributed by atoms with Crippen LogP contribution in [0.3, 0.4) is 0 Å². The summed E-state index contributed by atoms with van der Waals surface area (Å²) in [6.07, 6.45) is 3.93.